The molecule has 1 aliphatic carbocycles. The molecule has 7 nitrogen and oxygen atoms in total. The van der Waals surface area contributed by atoms with E-state index >= 15 is 0 Å². The number of rotatable bonds is 6. The molecule has 0 unspecified atom stereocenters. The van der Waals surface area contributed by atoms with E-state index in [0.717, 1.165) is 17.0 Å². The van der Waals surface area contributed by atoms with Crippen LogP contribution < -0.4 is 19.5 Å². The zero-order valence-electron chi connectivity index (χ0n) is 20.5. The predicted octanol–water partition coefficient (Wildman–Crippen LogP) is 5.39. The molecule has 188 valence electrons. The quantitative estimate of drug-likeness (QED) is 0.522. The van der Waals surface area contributed by atoms with Gasteiger partial charge in [0.15, 0.2) is 17.3 Å². The lowest BCUT2D eigenvalue weighted by molar-refractivity contribution is -0.139. The van der Waals surface area contributed by atoms with Crippen LogP contribution in [0, 0.1) is 0 Å². The zero-order valence-corrected chi connectivity index (χ0v) is 21.2. The number of Topliss-reactive ketones (excluding diaryl/α,β-unsaturated/α-hetero) is 1. The highest BCUT2D eigenvalue weighted by Crippen LogP contribution is 2.49. The molecule has 3 aliphatic rings. The molecule has 8 heteroatoms. The third-order valence-electron chi connectivity index (χ3n) is 6.87. The summed E-state index contributed by atoms with van der Waals surface area (Å²) in [7, 11) is 1.63. The van der Waals surface area contributed by atoms with E-state index in [0.29, 0.717) is 58.2 Å². The molecule has 0 spiro atoms. The fourth-order valence-corrected chi connectivity index (χ4v) is 5.42. The van der Waals surface area contributed by atoms with Crippen LogP contribution in [0.5, 0.6) is 17.2 Å². The predicted molar refractivity (Wildman–Crippen MR) is 134 cm³/mol. The molecule has 2 heterocycles. The second-order valence-electron chi connectivity index (χ2n) is 9.15. The van der Waals surface area contributed by atoms with Crippen molar-refractivity contribution < 1.29 is 28.5 Å². The van der Waals surface area contributed by atoms with E-state index in [1.165, 1.54) is 0 Å². The van der Waals surface area contributed by atoms with Crippen molar-refractivity contribution in [3.05, 3.63) is 75.1 Å². The number of halogens is 1. The average molecular weight is 510 g/mol. The number of hydrogen-bond donors (Lipinski definition) is 1. The first-order valence-corrected chi connectivity index (χ1v) is 12.4. The van der Waals surface area contributed by atoms with E-state index in [1.54, 1.807) is 19.2 Å². The molecule has 2 aromatic rings. The number of carbonyl (C=O) groups is 2. The first-order valence-electron chi connectivity index (χ1n) is 12.0. The second-order valence-corrected chi connectivity index (χ2v) is 9.56. The van der Waals surface area contributed by atoms with Crippen molar-refractivity contribution in [3.8, 4) is 17.2 Å². The third kappa shape index (κ3) is 4.32. The summed E-state index contributed by atoms with van der Waals surface area (Å²) < 4.78 is 21.9. The van der Waals surface area contributed by atoms with Gasteiger partial charge in [-0.2, -0.15) is 0 Å². The summed E-state index contributed by atoms with van der Waals surface area (Å²) in [5.41, 5.74) is 4.07. The fourth-order valence-electron chi connectivity index (χ4n) is 5.16. The van der Waals surface area contributed by atoms with Gasteiger partial charge in [-0.15, -0.1) is 0 Å². The molecule has 36 heavy (non-hydrogen) atoms. The van der Waals surface area contributed by atoms with Gasteiger partial charge in [0.1, 0.15) is 5.75 Å². The van der Waals surface area contributed by atoms with E-state index in [9.17, 15) is 9.59 Å². The van der Waals surface area contributed by atoms with Gasteiger partial charge in [0, 0.05) is 40.4 Å². The number of benzene rings is 2. The van der Waals surface area contributed by atoms with Crippen LogP contribution in [-0.4, -0.2) is 32.3 Å². The zero-order chi connectivity index (χ0) is 25.4. The fraction of sp³-hybridized carbons (Fsp3) is 0.357. The van der Waals surface area contributed by atoms with Crippen LogP contribution >= 0.6 is 11.6 Å². The van der Waals surface area contributed by atoms with Gasteiger partial charge in [-0.25, -0.2) is 4.79 Å². The molecular weight excluding hydrogens is 482 g/mol. The maximum Gasteiger partial charge on any atom is 0.336 e. The Bertz CT molecular complexity index is 1280. The highest BCUT2D eigenvalue weighted by molar-refractivity contribution is 6.32. The number of fused-ring (bicyclic) bond motifs is 1. The number of esters is 1. The van der Waals surface area contributed by atoms with E-state index in [1.807, 2.05) is 38.1 Å². The van der Waals surface area contributed by atoms with Crippen LogP contribution in [0.4, 0.5) is 0 Å². The lowest BCUT2D eigenvalue weighted by atomic mass is 9.71. The van der Waals surface area contributed by atoms with Gasteiger partial charge >= 0.3 is 5.97 Å². The normalized spacial score (nSPS) is 20.7. The Morgan fingerprint density at radius 2 is 1.86 bits per heavy atom. The Hall–Kier alpha value is -3.45. The van der Waals surface area contributed by atoms with Crippen LogP contribution in [0.25, 0.3) is 0 Å². The van der Waals surface area contributed by atoms with Crippen molar-refractivity contribution in [3.63, 3.8) is 0 Å². The Kier molecular flexibility index (Phi) is 6.67. The van der Waals surface area contributed by atoms with E-state index in [2.05, 4.69) is 5.32 Å². The first-order chi connectivity index (χ1) is 17.4. The van der Waals surface area contributed by atoms with Gasteiger partial charge in [-0.3, -0.25) is 4.79 Å². The monoisotopic (exact) mass is 509 g/mol. The third-order valence-corrected chi connectivity index (χ3v) is 7.20. The van der Waals surface area contributed by atoms with Crippen LogP contribution in [0.15, 0.2) is 58.9 Å². The molecule has 0 amide bonds. The summed E-state index contributed by atoms with van der Waals surface area (Å²) in [6.45, 7) is 4.15. The largest absolute Gasteiger partial charge is 0.497 e. The van der Waals surface area contributed by atoms with Crippen LogP contribution in [-0.2, 0) is 14.3 Å². The van der Waals surface area contributed by atoms with Gasteiger partial charge in [-0.05, 0) is 55.0 Å². The molecule has 0 radical (unpaired) electrons. The molecule has 0 bridgehead atoms. The van der Waals surface area contributed by atoms with Crippen molar-refractivity contribution in [2.75, 3.05) is 20.5 Å². The number of ether oxygens (including phenoxy) is 4. The van der Waals surface area contributed by atoms with Crippen LogP contribution in [0.1, 0.15) is 56.1 Å². The van der Waals surface area contributed by atoms with Gasteiger partial charge in [0.05, 0.1) is 19.3 Å². The summed E-state index contributed by atoms with van der Waals surface area (Å²) in [6.07, 6.45) is 1.64. The summed E-state index contributed by atoms with van der Waals surface area (Å²) in [4.78, 5) is 27.0. The molecule has 1 N–H and O–H groups in total. The molecule has 2 aromatic carbocycles. The Balaban J connectivity index is 1.59. The van der Waals surface area contributed by atoms with Crippen molar-refractivity contribution in [2.45, 2.75) is 44.9 Å². The SMILES string of the molecule is CCCOC(=O)C1=C(C)NC2=C(C(=O)C[C@@H](c3ccc(OC)cc3)C2)[C@H]1c1cc2c(cc1Cl)OCO2. The smallest absolute Gasteiger partial charge is 0.336 e. The standard InChI is InChI=1S/C28H28ClNO6/c1-4-9-34-28(32)25-15(2)30-21-10-17(16-5-7-18(33-3)8-6-16)11-22(31)27(21)26(25)19-12-23-24(13-20(19)29)36-14-35-23/h5-8,12-13,17,26,30H,4,9-11,14H2,1-3H3/t17-,26-/m0/s1. The van der Waals surface area contributed by atoms with Crippen molar-refractivity contribution in [1.29, 1.82) is 0 Å². The Labute approximate surface area is 215 Å². The van der Waals surface area contributed by atoms with Gasteiger partial charge in [-0.1, -0.05) is 30.7 Å². The Morgan fingerprint density at radius 3 is 2.56 bits per heavy atom. The lowest BCUT2D eigenvalue weighted by Gasteiger charge is -2.37. The molecule has 2 aliphatic heterocycles. The highest BCUT2D eigenvalue weighted by atomic mass is 35.5. The Morgan fingerprint density at radius 1 is 1.14 bits per heavy atom. The minimum Gasteiger partial charge on any atom is -0.497 e. The van der Waals surface area contributed by atoms with E-state index < -0.39 is 11.9 Å². The molecule has 5 rings (SSSR count). The summed E-state index contributed by atoms with van der Waals surface area (Å²) in [5.74, 6) is 0.684. The number of nitrogens with one attached hydrogen (secondary N) is 1. The number of ketones is 1. The molecule has 0 saturated carbocycles. The van der Waals surface area contributed by atoms with Crippen molar-refractivity contribution in [2.24, 2.45) is 0 Å². The summed E-state index contributed by atoms with van der Waals surface area (Å²) in [6, 6.07) is 11.2. The number of carbonyl (C=O) groups excluding carboxylic acids is 2. The van der Waals surface area contributed by atoms with E-state index in [-0.39, 0.29) is 25.1 Å². The molecule has 0 aromatic heterocycles. The number of allylic oxidation sites excluding steroid dienone is 3. The van der Waals surface area contributed by atoms with Crippen LogP contribution in [0.3, 0.4) is 0 Å². The maximum absolute atomic E-state index is 13.8. The van der Waals surface area contributed by atoms with Crippen LogP contribution in [0.2, 0.25) is 5.02 Å². The van der Waals surface area contributed by atoms with Gasteiger partial charge in [0.25, 0.3) is 0 Å². The minimum atomic E-state index is -0.670. The number of hydrogen-bond acceptors (Lipinski definition) is 7. The van der Waals surface area contributed by atoms with Gasteiger partial charge in [0.2, 0.25) is 6.79 Å². The highest BCUT2D eigenvalue weighted by Gasteiger charge is 2.42. The average Bonchev–Trinajstić information content (AvgIpc) is 3.33. The molecule has 0 saturated heterocycles. The topological polar surface area (TPSA) is 83.1 Å². The number of dihydropyridines is 1. The first kappa shape index (κ1) is 24.3. The van der Waals surface area contributed by atoms with E-state index in [4.69, 9.17) is 30.5 Å². The lowest BCUT2D eigenvalue weighted by Crippen LogP contribution is -2.36. The molecule has 0 fully saturated rings. The number of methoxy groups -OCH3 is 1. The summed E-state index contributed by atoms with van der Waals surface area (Å²) in [5, 5.41) is 3.76. The summed E-state index contributed by atoms with van der Waals surface area (Å²) >= 11 is 6.72. The minimum absolute atomic E-state index is 0.00363. The molecular formula is C28H28ClNO6. The molecule has 2 atom stereocenters. The second kappa shape index (κ2) is 9.90. The van der Waals surface area contributed by atoms with Gasteiger partial charge < -0.3 is 24.3 Å². The van der Waals surface area contributed by atoms with Crippen molar-refractivity contribution >= 4 is 23.4 Å². The maximum atomic E-state index is 13.8. The van der Waals surface area contributed by atoms with Crippen molar-refractivity contribution in [1.82, 2.24) is 5.32 Å².